The molecule has 0 fully saturated rings. The third-order valence-corrected chi connectivity index (χ3v) is 4.55. The Morgan fingerprint density at radius 3 is 1.75 bits per heavy atom. The Kier molecular flexibility index (Phi) is 2.44. The predicted octanol–water partition coefficient (Wildman–Crippen LogP) is 3.08. The molecule has 0 aromatic heterocycles. The first-order valence-corrected chi connectivity index (χ1v) is 6.39. The first kappa shape index (κ1) is 10.2. The Hall–Kier alpha value is -0.951. The van der Waals surface area contributed by atoms with E-state index in [9.17, 15) is 0 Å². The zero-order chi connectivity index (χ0) is 11.1. The van der Waals surface area contributed by atoms with Crippen molar-refractivity contribution in [3.8, 4) is 0 Å². The molecule has 0 aliphatic heterocycles. The second kappa shape index (κ2) is 3.81. The molecule has 0 radical (unpaired) electrons. The molecule has 0 amide bonds. The van der Waals surface area contributed by atoms with Crippen LogP contribution in [-0.2, 0) is 0 Å². The number of hydrogen-bond donors (Lipinski definition) is 1. The number of thiol groups is 1. The first-order chi connectivity index (χ1) is 7.79. The van der Waals surface area contributed by atoms with Crippen molar-refractivity contribution in [2.45, 2.75) is 4.90 Å². The molecule has 0 aliphatic carbocycles. The van der Waals surface area contributed by atoms with Crippen LogP contribution in [0, 0.1) is 0 Å². The summed E-state index contributed by atoms with van der Waals surface area (Å²) in [5.74, 6) is 0. The van der Waals surface area contributed by atoms with Crippen LogP contribution in [0.1, 0.15) is 0 Å². The average Bonchev–Trinajstić information content (AvgIpc) is 2.36. The molecule has 0 N–H and O–H groups in total. The van der Waals surface area contributed by atoms with E-state index in [2.05, 4.69) is 77.2 Å². The Labute approximate surface area is 108 Å². The van der Waals surface area contributed by atoms with Crippen LogP contribution in [0.2, 0.25) is 0 Å². The van der Waals surface area contributed by atoms with Crippen molar-refractivity contribution >= 4 is 54.6 Å². The summed E-state index contributed by atoms with van der Waals surface area (Å²) >= 11 is 7.74. The number of rotatable bonds is 0. The predicted molar refractivity (Wildman–Crippen MR) is 74.1 cm³/mol. The van der Waals surface area contributed by atoms with Crippen LogP contribution in [-0.4, -0.2) is 16.0 Å². The van der Waals surface area contributed by atoms with Gasteiger partial charge in [0, 0.05) is 0 Å². The van der Waals surface area contributed by atoms with E-state index in [1.807, 2.05) is 0 Å². The van der Waals surface area contributed by atoms with E-state index in [4.69, 9.17) is 0 Å². The summed E-state index contributed by atoms with van der Waals surface area (Å²) in [6.07, 6.45) is 0. The van der Waals surface area contributed by atoms with Crippen LogP contribution in [0.25, 0.3) is 21.5 Å². The van der Waals surface area contributed by atoms with Crippen molar-refractivity contribution < 1.29 is 0 Å². The Bertz CT molecular complexity index is 628. The zero-order valence-corrected chi connectivity index (χ0v) is 11.1. The van der Waals surface area contributed by atoms with Crippen molar-refractivity contribution in [1.82, 2.24) is 0 Å². The molecular weight excluding hydrogens is 279 g/mol. The fourth-order valence-corrected chi connectivity index (χ4v) is 3.01. The van der Waals surface area contributed by atoms with Gasteiger partial charge in [0.15, 0.2) is 0 Å². The number of benzene rings is 3. The number of fused-ring (bicyclic) bond motifs is 3. The van der Waals surface area contributed by atoms with Crippen molar-refractivity contribution in [3.05, 3.63) is 48.5 Å². The van der Waals surface area contributed by atoms with Crippen LogP contribution >= 0.6 is 12.6 Å². The minimum absolute atomic E-state index is 1.04. The second-order valence-electron chi connectivity index (χ2n) is 3.77. The third-order valence-electron chi connectivity index (χ3n) is 2.86. The van der Waals surface area contributed by atoms with E-state index in [0.29, 0.717) is 0 Å². The van der Waals surface area contributed by atoms with Gasteiger partial charge >= 0.3 is 108 Å². The van der Waals surface area contributed by atoms with Gasteiger partial charge in [-0.25, -0.2) is 0 Å². The second-order valence-corrected chi connectivity index (χ2v) is 5.07. The van der Waals surface area contributed by atoms with Crippen molar-refractivity contribution in [1.29, 1.82) is 0 Å². The van der Waals surface area contributed by atoms with E-state index < -0.39 is 0 Å². The van der Waals surface area contributed by atoms with Crippen LogP contribution in [0.15, 0.2) is 53.4 Å². The van der Waals surface area contributed by atoms with E-state index in [-0.39, 0.29) is 0 Å². The molecule has 16 heavy (non-hydrogen) atoms. The third kappa shape index (κ3) is 1.38. The first-order valence-electron chi connectivity index (χ1n) is 5.08. The van der Waals surface area contributed by atoms with Gasteiger partial charge < -0.3 is 0 Å². The van der Waals surface area contributed by atoms with E-state index in [1.54, 1.807) is 0 Å². The van der Waals surface area contributed by atoms with Gasteiger partial charge in [0.05, 0.1) is 0 Å². The van der Waals surface area contributed by atoms with Crippen LogP contribution in [0.3, 0.4) is 0 Å². The van der Waals surface area contributed by atoms with Gasteiger partial charge in [-0.1, -0.05) is 0 Å². The van der Waals surface area contributed by atoms with E-state index in [1.165, 1.54) is 21.5 Å². The quantitative estimate of drug-likeness (QED) is 0.367. The van der Waals surface area contributed by atoms with Gasteiger partial charge in [-0.15, -0.1) is 0 Å². The Balaban J connectivity index is 2.69. The van der Waals surface area contributed by atoms with E-state index in [0.717, 1.165) is 9.36 Å². The Morgan fingerprint density at radius 1 is 0.688 bits per heavy atom. The van der Waals surface area contributed by atoms with Gasteiger partial charge in [-0.3, -0.25) is 0 Å². The fourth-order valence-electron chi connectivity index (χ4n) is 2.09. The normalized spacial score (nSPS) is 11.1. The summed E-state index contributed by atoms with van der Waals surface area (Å²) in [6, 6.07) is 16.8. The molecule has 3 aromatic carbocycles. The molecule has 3 aromatic rings. The van der Waals surface area contributed by atoms with Gasteiger partial charge in [0.25, 0.3) is 0 Å². The monoisotopic (exact) mass is 289 g/mol. The van der Waals surface area contributed by atoms with Gasteiger partial charge in [0.1, 0.15) is 0 Å². The molecule has 2 heteroatoms. The van der Waals surface area contributed by atoms with Crippen LogP contribution in [0.5, 0.6) is 0 Å². The van der Waals surface area contributed by atoms with Crippen molar-refractivity contribution in [2.24, 2.45) is 0 Å². The van der Waals surface area contributed by atoms with Crippen LogP contribution < -0.4 is 4.46 Å². The summed E-state index contributed by atoms with van der Waals surface area (Å²) in [4.78, 5) is 1.04. The molecule has 3 rings (SSSR count). The van der Waals surface area contributed by atoms with Crippen molar-refractivity contribution in [3.63, 3.8) is 0 Å². The standard InChI is InChI=1S/C14H10SSe/c15-13-11-7-3-1-5-9(11)10-6-2-4-8-12(10)14(13)16/h1-8,15-16H/p-1. The number of hydrogen-bond acceptors (Lipinski definition) is 1. The molecule has 0 heterocycles. The zero-order valence-electron chi connectivity index (χ0n) is 8.47. The summed E-state index contributed by atoms with van der Waals surface area (Å²) < 4.78 is 1.14. The molecule has 78 valence electrons. The van der Waals surface area contributed by atoms with Gasteiger partial charge in [-0.05, 0) is 0 Å². The summed E-state index contributed by atoms with van der Waals surface area (Å²) in [6.45, 7) is 0. The SMILES string of the molecule is Sc1c([Se-])c2ccccc2c2ccccc12. The van der Waals surface area contributed by atoms with Gasteiger partial charge in [0.2, 0.25) is 0 Å². The molecule has 0 nitrogen and oxygen atoms in total. The fraction of sp³-hybridized carbons (Fsp3) is 0. The summed E-state index contributed by atoms with van der Waals surface area (Å²) in [7, 11) is 0. The summed E-state index contributed by atoms with van der Waals surface area (Å²) in [5, 5.41) is 5.00. The maximum atomic E-state index is 4.61. The average molecular weight is 288 g/mol. The molecule has 0 aliphatic rings. The maximum absolute atomic E-state index is 4.61. The molecule has 0 spiro atoms. The minimum atomic E-state index is 1.04. The molecule has 0 bridgehead atoms. The van der Waals surface area contributed by atoms with Crippen molar-refractivity contribution in [2.75, 3.05) is 0 Å². The molecular formula is C14H9SSe-. The van der Waals surface area contributed by atoms with Crippen LogP contribution in [0.4, 0.5) is 0 Å². The molecule has 0 atom stereocenters. The summed E-state index contributed by atoms with van der Waals surface area (Å²) in [5.41, 5.74) is 0. The van der Waals surface area contributed by atoms with E-state index >= 15 is 0 Å². The Morgan fingerprint density at radius 2 is 1.12 bits per heavy atom. The molecule has 0 unspecified atom stereocenters. The molecule has 0 saturated heterocycles. The topological polar surface area (TPSA) is 0 Å². The molecule has 0 saturated carbocycles. The van der Waals surface area contributed by atoms with Gasteiger partial charge in [-0.2, -0.15) is 0 Å².